The summed E-state index contributed by atoms with van der Waals surface area (Å²) in [6, 6.07) is 4.94. The summed E-state index contributed by atoms with van der Waals surface area (Å²) in [6.45, 7) is 5.47. The highest BCUT2D eigenvalue weighted by Crippen LogP contribution is 2.35. The van der Waals surface area contributed by atoms with Gasteiger partial charge in [-0.15, -0.1) is 0 Å². The van der Waals surface area contributed by atoms with E-state index in [1.807, 2.05) is 18.7 Å². The first-order chi connectivity index (χ1) is 8.51. The largest absolute Gasteiger partial charge is 0.481 e. The van der Waals surface area contributed by atoms with Crippen molar-refractivity contribution in [2.24, 2.45) is 0 Å². The highest BCUT2D eigenvalue weighted by atomic mass is 35.5. The maximum absolute atomic E-state index is 11.0. The van der Waals surface area contributed by atoms with Gasteiger partial charge in [0.2, 0.25) is 0 Å². The molecular formula is C13H17Cl2NO2. The third-order valence-corrected chi connectivity index (χ3v) is 3.61. The van der Waals surface area contributed by atoms with Gasteiger partial charge in [-0.1, -0.05) is 43.1 Å². The van der Waals surface area contributed by atoms with Gasteiger partial charge in [0.1, 0.15) is 0 Å². The molecule has 0 saturated carbocycles. The minimum absolute atomic E-state index is 0.00880. The van der Waals surface area contributed by atoms with Gasteiger partial charge in [-0.25, -0.2) is 0 Å². The van der Waals surface area contributed by atoms with E-state index in [4.69, 9.17) is 28.3 Å². The van der Waals surface area contributed by atoms with Crippen molar-refractivity contribution in [3.63, 3.8) is 0 Å². The number of benzene rings is 1. The molecule has 0 amide bonds. The van der Waals surface area contributed by atoms with Gasteiger partial charge in [0.15, 0.2) is 0 Å². The number of carboxylic acid groups (broad SMARTS) is 1. The van der Waals surface area contributed by atoms with Gasteiger partial charge in [0.05, 0.1) is 6.42 Å². The van der Waals surface area contributed by atoms with E-state index < -0.39 is 5.97 Å². The van der Waals surface area contributed by atoms with Crippen LogP contribution < -0.4 is 0 Å². The molecule has 0 saturated heterocycles. The summed E-state index contributed by atoms with van der Waals surface area (Å²) >= 11 is 12.3. The van der Waals surface area contributed by atoms with Gasteiger partial charge in [-0.2, -0.15) is 0 Å². The van der Waals surface area contributed by atoms with Crippen molar-refractivity contribution >= 4 is 29.2 Å². The molecule has 0 aliphatic carbocycles. The van der Waals surface area contributed by atoms with Crippen molar-refractivity contribution in [3.05, 3.63) is 33.8 Å². The van der Waals surface area contributed by atoms with E-state index in [-0.39, 0.29) is 12.5 Å². The number of nitrogens with zero attached hydrogens (tertiary/aromatic N) is 1. The second kappa shape index (κ2) is 6.98. The Kier molecular flexibility index (Phi) is 5.93. The third kappa shape index (κ3) is 3.61. The molecule has 0 aliphatic rings. The van der Waals surface area contributed by atoms with Gasteiger partial charge in [-0.05, 0) is 25.2 Å². The molecule has 1 aromatic rings. The quantitative estimate of drug-likeness (QED) is 0.865. The molecule has 1 unspecified atom stereocenters. The average Bonchev–Trinajstić information content (AvgIpc) is 2.29. The Labute approximate surface area is 117 Å². The van der Waals surface area contributed by atoms with Crippen molar-refractivity contribution in [1.29, 1.82) is 0 Å². The minimum atomic E-state index is -0.858. The summed E-state index contributed by atoms with van der Waals surface area (Å²) in [4.78, 5) is 13.1. The van der Waals surface area contributed by atoms with E-state index in [9.17, 15) is 4.79 Å². The highest BCUT2D eigenvalue weighted by Gasteiger charge is 2.25. The first-order valence-electron chi connectivity index (χ1n) is 5.91. The molecule has 0 fully saturated rings. The van der Waals surface area contributed by atoms with Crippen LogP contribution in [0.1, 0.15) is 31.9 Å². The fraction of sp³-hybridized carbons (Fsp3) is 0.462. The van der Waals surface area contributed by atoms with Gasteiger partial charge >= 0.3 is 5.97 Å². The molecule has 5 heteroatoms. The van der Waals surface area contributed by atoms with Gasteiger partial charge in [0, 0.05) is 21.7 Å². The lowest BCUT2D eigenvalue weighted by molar-refractivity contribution is -0.138. The highest BCUT2D eigenvalue weighted by molar-refractivity contribution is 6.36. The number of carboxylic acids is 1. The predicted molar refractivity (Wildman–Crippen MR) is 74.4 cm³/mol. The number of hydrogen-bond acceptors (Lipinski definition) is 2. The van der Waals surface area contributed by atoms with Gasteiger partial charge < -0.3 is 5.11 Å². The van der Waals surface area contributed by atoms with Crippen LogP contribution in [-0.2, 0) is 4.79 Å². The minimum Gasteiger partial charge on any atom is -0.481 e. The molecule has 1 N–H and O–H groups in total. The van der Waals surface area contributed by atoms with Crippen LogP contribution in [0.15, 0.2) is 18.2 Å². The van der Waals surface area contributed by atoms with Crippen LogP contribution in [0.5, 0.6) is 0 Å². The lowest BCUT2D eigenvalue weighted by atomic mass is 10.0. The molecule has 1 rings (SSSR count). The summed E-state index contributed by atoms with van der Waals surface area (Å²) in [6.07, 6.45) is -0.00880. The summed E-state index contributed by atoms with van der Waals surface area (Å²) in [5, 5.41) is 10.1. The third-order valence-electron chi connectivity index (χ3n) is 2.95. The normalized spacial score (nSPS) is 12.7. The Morgan fingerprint density at radius 3 is 2.17 bits per heavy atom. The number of hydrogen-bond donors (Lipinski definition) is 1. The maximum Gasteiger partial charge on any atom is 0.305 e. The molecule has 0 spiro atoms. The van der Waals surface area contributed by atoms with E-state index in [1.54, 1.807) is 18.2 Å². The van der Waals surface area contributed by atoms with Crippen LogP contribution in [0.3, 0.4) is 0 Å². The summed E-state index contributed by atoms with van der Waals surface area (Å²) in [5.74, 6) is -0.858. The zero-order valence-corrected chi connectivity index (χ0v) is 12.0. The Hall–Kier alpha value is -0.770. The lowest BCUT2D eigenvalue weighted by Gasteiger charge is -2.30. The molecule has 0 bridgehead atoms. The van der Waals surface area contributed by atoms with Crippen LogP contribution in [0, 0.1) is 0 Å². The zero-order chi connectivity index (χ0) is 13.7. The first kappa shape index (κ1) is 15.3. The Bertz CT molecular complexity index is 399. The van der Waals surface area contributed by atoms with E-state index in [0.717, 1.165) is 13.1 Å². The number of aliphatic carboxylic acids is 1. The van der Waals surface area contributed by atoms with E-state index >= 15 is 0 Å². The van der Waals surface area contributed by atoms with Crippen LogP contribution in [0.25, 0.3) is 0 Å². The Balaban J connectivity index is 3.20. The van der Waals surface area contributed by atoms with Crippen LogP contribution in [-0.4, -0.2) is 29.1 Å². The second-order valence-corrected chi connectivity index (χ2v) is 4.78. The molecule has 18 heavy (non-hydrogen) atoms. The molecule has 0 aromatic heterocycles. The van der Waals surface area contributed by atoms with Crippen molar-refractivity contribution < 1.29 is 9.90 Å². The molecule has 100 valence electrons. The lowest BCUT2D eigenvalue weighted by Crippen LogP contribution is -2.30. The van der Waals surface area contributed by atoms with E-state index in [2.05, 4.69) is 0 Å². The fourth-order valence-electron chi connectivity index (χ4n) is 2.07. The summed E-state index contributed by atoms with van der Waals surface area (Å²) < 4.78 is 0. The number of carbonyl (C=O) groups is 1. The van der Waals surface area contributed by atoms with Crippen LogP contribution >= 0.6 is 23.2 Å². The van der Waals surface area contributed by atoms with Crippen LogP contribution in [0.2, 0.25) is 10.0 Å². The predicted octanol–water partition coefficient (Wildman–Crippen LogP) is 3.85. The van der Waals surface area contributed by atoms with E-state index in [1.165, 1.54) is 0 Å². The second-order valence-electron chi connectivity index (χ2n) is 3.97. The number of halogens is 2. The fourth-order valence-corrected chi connectivity index (χ4v) is 2.72. The van der Waals surface area contributed by atoms with Crippen LogP contribution in [0.4, 0.5) is 0 Å². The molecule has 0 radical (unpaired) electrons. The van der Waals surface area contributed by atoms with Gasteiger partial charge in [0.25, 0.3) is 0 Å². The van der Waals surface area contributed by atoms with Crippen molar-refractivity contribution in [2.45, 2.75) is 26.3 Å². The Morgan fingerprint density at radius 1 is 1.28 bits per heavy atom. The Morgan fingerprint density at radius 2 is 1.78 bits per heavy atom. The molecule has 1 aromatic carbocycles. The molecule has 1 atom stereocenters. The average molecular weight is 290 g/mol. The number of rotatable bonds is 6. The maximum atomic E-state index is 11.0. The molecular weight excluding hydrogens is 273 g/mol. The van der Waals surface area contributed by atoms with Crippen molar-refractivity contribution in [3.8, 4) is 0 Å². The smallest absolute Gasteiger partial charge is 0.305 e. The molecule has 3 nitrogen and oxygen atoms in total. The van der Waals surface area contributed by atoms with Crippen molar-refractivity contribution in [1.82, 2.24) is 4.90 Å². The summed E-state index contributed by atoms with van der Waals surface area (Å²) in [7, 11) is 0. The zero-order valence-electron chi connectivity index (χ0n) is 10.5. The molecule has 0 aliphatic heterocycles. The SMILES string of the molecule is CCN(CC)C(CC(=O)O)c1c(Cl)cccc1Cl. The van der Waals surface area contributed by atoms with E-state index in [0.29, 0.717) is 15.6 Å². The standard InChI is InChI=1S/C13H17Cl2NO2/c1-3-16(4-2)11(8-12(17)18)13-9(14)6-5-7-10(13)15/h5-7,11H,3-4,8H2,1-2H3,(H,17,18). The summed E-state index contributed by atoms with van der Waals surface area (Å²) in [5.41, 5.74) is 0.701. The first-order valence-corrected chi connectivity index (χ1v) is 6.66. The van der Waals surface area contributed by atoms with Gasteiger partial charge in [-0.3, -0.25) is 9.69 Å². The molecule has 0 heterocycles. The topological polar surface area (TPSA) is 40.5 Å². The van der Waals surface area contributed by atoms with Crippen molar-refractivity contribution in [2.75, 3.05) is 13.1 Å². The monoisotopic (exact) mass is 289 g/mol.